The van der Waals surface area contributed by atoms with Crippen molar-refractivity contribution in [2.75, 3.05) is 19.7 Å². The van der Waals surface area contributed by atoms with E-state index in [9.17, 15) is 4.79 Å². The van der Waals surface area contributed by atoms with Crippen LogP contribution in [0.15, 0.2) is 6.07 Å². The number of carbonyl (C=O) groups excluding carboxylic acids is 1. The van der Waals surface area contributed by atoms with Gasteiger partial charge in [-0.05, 0) is 31.7 Å². The molecule has 1 saturated heterocycles. The van der Waals surface area contributed by atoms with Gasteiger partial charge in [0.1, 0.15) is 0 Å². The fraction of sp³-hybridized carbons (Fsp3) is 0.667. The van der Waals surface area contributed by atoms with Crippen LogP contribution < -0.4 is 0 Å². The molecule has 2 rings (SSSR count). The Hall–Kier alpha value is -1.36. The number of hydrogen-bond acceptors (Lipinski definition) is 3. The van der Waals surface area contributed by atoms with Gasteiger partial charge in [0.25, 0.3) is 5.91 Å². The highest BCUT2D eigenvalue weighted by atomic mass is 16.3. The Morgan fingerprint density at radius 1 is 1.53 bits per heavy atom. The number of amides is 1. The molecule has 0 atom stereocenters. The number of aryl methyl sites for hydroxylation is 2. The zero-order valence-electron chi connectivity index (χ0n) is 10.4. The summed E-state index contributed by atoms with van der Waals surface area (Å²) in [5.74, 6) is 0.356. The van der Waals surface area contributed by atoms with Crippen molar-refractivity contribution in [2.24, 2.45) is 13.0 Å². The lowest BCUT2D eigenvalue weighted by atomic mass is 9.98. The molecule has 1 aromatic heterocycles. The monoisotopic (exact) mass is 237 g/mol. The normalized spacial score (nSPS) is 17.5. The number of aliphatic hydroxyl groups excluding tert-OH is 1. The van der Waals surface area contributed by atoms with Gasteiger partial charge in [0, 0.05) is 32.4 Å². The number of rotatable bonds is 2. The average molecular weight is 237 g/mol. The summed E-state index contributed by atoms with van der Waals surface area (Å²) in [7, 11) is 1.84. The van der Waals surface area contributed by atoms with Gasteiger partial charge in [-0.3, -0.25) is 9.48 Å². The second kappa shape index (κ2) is 4.87. The minimum absolute atomic E-state index is 0.00471. The number of hydrogen-bond donors (Lipinski definition) is 1. The predicted molar refractivity (Wildman–Crippen MR) is 63.7 cm³/mol. The maximum Gasteiger partial charge on any atom is 0.274 e. The Morgan fingerprint density at radius 2 is 2.18 bits per heavy atom. The van der Waals surface area contributed by atoms with Crippen LogP contribution in [0.5, 0.6) is 0 Å². The molecule has 2 heterocycles. The molecule has 5 nitrogen and oxygen atoms in total. The third-order valence-electron chi connectivity index (χ3n) is 3.49. The van der Waals surface area contributed by atoms with Crippen molar-refractivity contribution in [3.05, 3.63) is 17.5 Å². The van der Waals surface area contributed by atoms with Gasteiger partial charge in [-0.2, -0.15) is 5.10 Å². The zero-order valence-corrected chi connectivity index (χ0v) is 10.4. The van der Waals surface area contributed by atoms with Crippen LogP contribution in [0.2, 0.25) is 0 Å². The second-order valence-corrected chi connectivity index (χ2v) is 4.71. The summed E-state index contributed by atoms with van der Waals surface area (Å²) in [6, 6.07) is 1.82. The lowest BCUT2D eigenvalue weighted by Crippen LogP contribution is -2.39. The molecule has 0 aromatic carbocycles. The van der Waals surface area contributed by atoms with Crippen molar-refractivity contribution in [3.8, 4) is 0 Å². The zero-order chi connectivity index (χ0) is 12.4. The van der Waals surface area contributed by atoms with E-state index in [4.69, 9.17) is 5.11 Å². The summed E-state index contributed by atoms with van der Waals surface area (Å²) in [5.41, 5.74) is 1.51. The van der Waals surface area contributed by atoms with E-state index in [0.29, 0.717) is 11.6 Å². The third-order valence-corrected chi connectivity index (χ3v) is 3.49. The van der Waals surface area contributed by atoms with Crippen LogP contribution in [-0.4, -0.2) is 45.4 Å². The quantitative estimate of drug-likeness (QED) is 0.818. The molecule has 0 spiro atoms. The van der Waals surface area contributed by atoms with Gasteiger partial charge in [0.05, 0.1) is 0 Å². The maximum absolute atomic E-state index is 12.1. The Labute approximate surface area is 101 Å². The van der Waals surface area contributed by atoms with Crippen LogP contribution in [0.4, 0.5) is 0 Å². The predicted octanol–water partition coefficient (Wildman–Crippen LogP) is 0.573. The first-order chi connectivity index (χ1) is 8.11. The van der Waals surface area contributed by atoms with E-state index in [-0.39, 0.29) is 12.5 Å². The number of nitrogens with zero attached hydrogens (tertiary/aromatic N) is 3. The molecule has 1 fully saturated rings. The molecule has 0 radical (unpaired) electrons. The lowest BCUT2D eigenvalue weighted by Gasteiger charge is -2.30. The van der Waals surface area contributed by atoms with Crippen LogP contribution in [0.1, 0.15) is 29.0 Å². The SMILES string of the molecule is Cc1cc(C(=O)N2CCC(CO)CC2)nn1C. The highest BCUT2D eigenvalue weighted by Crippen LogP contribution is 2.18. The summed E-state index contributed by atoms with van der Waals surface area (Å²) < 4.78 is 1.72. The number of piperidine rings is 1. The summed E-state index contributed by atoms with van der Waals surface area (Å²) in [6.45, 7) is 3.60. The Kier molecular flexibility index (Phi) is 3.47. The smallest absolute Gasteiger partial charge is 0.274 e. The van der Waals surface area contributed by atoms with Gasteiger partial charge < -0.3 is 10.0 Å². The molecule has 17 heavy (non-hydrogen) atoms. The van der Waals surface area contributed by atoms with Crippen molar-refractivity contribution < 1.29 is 9.90 Å². The minimum Gasteiger partial charge on any atom is -0.396 e. The molecular formula is C12H19N3O2. The van der Waals surface area contributed by atoms with E-state index in [2.05, 4.69) is 5.10 Å². The molecule has 0 aliphatic carbocycles. The van der Waals surface area contributed by atoms with Crippen molar-refractivity contribution in [1.82, 2.24) is 14.7 Å². The van der Waals surface area contributed by atoms with E-state index < -0.39 is 0 Å². The maximum atomic E-state index is 12.1. The number of carbonyl (C=O) groups is 1. The first-order valence-electron chi connectivity index (χ1n) is 6.02. The van der Waals surface area contributed by atoms with Crippen LogP contribution in [-0.2, 0) is 7.05 Å². The van der Waals surface area contributed by atoms with E-state index in [1.807, 2.05) is 24.9 Å². The standard InChI is InChI=1S/C12H19N3O2/c1-9-7-11(13-14(9)2)12(17)15-5-3-10(8-16)4-6-15/h7,10,16H,3-6,8H2,1-2H3. The highest BCUT2D eigenvalue weighted by molar-refractivity contribution is 5.92. The molecule has 94 valence electrons. The van der Waals surface area contributed by atoms with E-state index >= 15 is 0 Å². The second-order valence-electron chi connectivity index (χ2n) is 4.71. The van der Waals surface area contributed by atoms with Crippen LogP contribution in [0.25, 0.3) is 0 Å². The molecule has 1 amide bonds. The molecule has 1 aromatic rings. The molecule has 1 aliphatic rings. The van der Waals surface area contributed by atoms with Crippen molar-refractivity contribution in [1.29, 1.82) is 0 Å². The number of aliphatic hydroxyl groups is 1. The Bertz CT molecular complexity index is 386. The fourth-order valence-electron chi connectivity index (χ4n) is 2.15. The molecule has 0 saturated carbocycles. The van der Waals surface area contributed by atoms with Gasteiger partial charge in [-0.1, -0.05) is 0 Å². The van der Waals surface area contributed by atoms with Crippen molar-refractivity contribution >= 4 is 5.91 Å². The highest BCUT2D eigenvalue weighted by Gasteiger charge is 2.24. The molecule has 1 aliphatic heterocycles. The summed E-state index contributed by atoms with van der Waals surface area (Å²) >= 11 is 0. The third kappa shape index (κ3) is 2.49. The van der Waals surface area contributed by atoms with Crippen molar-refractivity contribution in [3.63, 3.8) is 0 Å². The molecular weight excluding hydrogens is 218 g/mol. The van der Waals surface area contributed by atoms with Gasteiger partial charge >= 0.3 is 0 Å². The van der Waals surface area contributed by atoms with E-state index in [1.54, 1.807) is 4.68 Å². The average Bonchev–Trinajstić information content (AvgIpc) is 2.69. The van der Waals surface area contributed by atoms with Crippen LogP contribution in [0.3, 0.4) is 0 Å². The molecule has 5 heteroatoms. The summed E-state index contributed by atoms with van der Waals surface area (Å²) in [5, 5.41) is 13.3. The van der Waals surface area contributed by atoms with Gasteiger partial charge in [-0.25, -0.2) is 0 Å². The Balaban J connectivity index is 2.01. The van der Waals surface area contributed by atoms with Gasteiger partial charge in [-0.15, -0.1) is 0 Å². The Morgan fingerprint density at radius 3 is 2.65 bits per heavy atom. The van der Waals surface area contributed by atoms with Crippen LogP contribution >= 0.6 is 0 Å². The molecule has 0 bridgehead atoms. The fourth-order valence-corrected chi connectivity index (χ4v) is 2.15. The molecule has 0 unspecified atom stereocenters. The van der Waals surface area contributed by atoms with E-state index in [0.717, 1.165) is 31.6 Å². The topological polar surface area (TPSA) is 58.4 Å². The largest absolute Gasteiger partial charge is 0.396 e. The van der Waals surface area contributed by atoms with Crippen molar-refractivity contribution in [2.45, 2.75) is 19.8 Å². The first kappa shape index (κ1) is 12.1. The van der Waals surface area contributed by atoms with Gasteiger partial charge in [0.15, 0.2) is 5.69 Å². The molecule has 1 N–H and O–H groups in total. The summed E-state index contributed by atoms with van der Waals surface area (Å²) in [6.07, 6.45) is 1.77. The minimum atomic E-state index is 0.00471. The van der Waals surface area contributed by atoms with Gasteiger partial charge in [0.2, 0.25) is 0 Å². The lowest BCUT2D eigenvalue weighted by molar-refractivity contribution is 0.0644. The van der Waals surface area contributed by atoms with E-state index in [1.165, 1.54) is 0 Å². The summed E-state index contributed by atoms with van der Waals surface area (Å²) in [4.78, 5) is 14.0. The first-order valence-corrected chi connectivity index (χ1v) is 6.02. The van der Waals surface area contributed by atoms with Crippen LogP contribution in [0, 0.1) is 12.8 Å². The number of aromatic nitrogens is 2. The number of likely N-dealkylation sites (tertiary alicyclic amines) is 1.